The van der Waals surface area contributed by atoms with Crippen LogP contribution in [0.2, 0.25) is 0 Å². The summed E-state index contributed by atoms with van der Waals surface area (Å²) in [6.45, 7) is 8.77. The predicted octanol–water partition coefficient (Wildman–Crippen LogP) is 9.33. The van der Waals surface area contributed by atoms with E-state index in [1.54, 1.807) is 0 Å². The number of esters is 2. The van der Waals surface area contributed by atoms with Crippen LogP contribution in [0.25, 0.3) is 0 Å². The lowest BCUT2D eigenvalue weighted by atomic mass is 10.00. The van der Waals surface area contributed by atoms with Gasteiger partial charge in [-0.2, -0.15) is 0 Å². The molecule has 38 heavy (non-hydrogen) atoms. The first kappa shape index (κ1) is 36.9. The summed E-state index contributed by atoms with van der Waals surface area (Å²) in [5, 5.41) is 9.48. The Morgan fingerprint density at radius 2 is 1.03 bits per heavy atom. The number of aliphatic hydroxyl groups is 1. The van der Waals surface area contributed by atoms with E-state index >= 15 is 0 Å². The maximum absolute atomic E-state index is 12.1. The Bertz CT molecular complexity index is 533. The lowest BCUT2D eigenvalue weighted by molar-refractivity contribution is -0.161. The van der Waals surface area contributed by atoms with Crippen LogP contribution < -0.4 is 0 Å². The Hall–Kier alpha value is -1.10. The van der Waals surface area contributed by atoms with Crippen molar-refractivity contribution in [2.45, 2.75) is 175 Å². The molecule has 0 aromatic heterocycles. The average Bonchev–Trinajstić information content (AvgIpc) is 2.90. The molecule has 0 rings (SSSR count). The van der Waals surface area contributed by atoms with Gasteiger partial charge >= 0.3 is 11.9 Å². The van der Waals surface area contributed by atoms with Crippen molar-refractivity contribution in [3.8, 4) is 0 Å². The van der Waals surface area contributed by atoms with Gasteiger partial charge in [-0.25, -0.2) is 0 Å². The number of aliphatic hydroxyl groups excluding tert-OH is 1. The number of rotatable bonds is 28. The van der Waals surface area contributed by atoms with Crippen LogP contribution in [-0.4, -0.2) is 36.4 Å². The van der Waals surface area contributed by atoms with Crippen molar-refractivity contribution in [1.82, 2.24) is 0 Å². The zero-order valence-corrected chi connectivity index (χ0v) is 25.8. The molecule has 5 heteroatoms. The molecule has 0 spiro atoms. The molecule has 0 heterocycles. The van der Waals surface area contributed by atoms with Gasteiger partial charge in [0.1, 0.15) is 6.61 Å². The summed E-state index contributed by atoms with van der Waals surface area (Å²) in [6.07, 6.45) is 24.4. The van der Waals surface area contributed by atoms with Crippen LogP contribution in [0.4, 0.5) is 0 Å². The lowest BCUT2D eigenvalue weighted by Gasteiger charge is -2.15. The Morgan fingerprint density at radius 1 is 0.605 bits per heavy atom. The second-order valence-corrected chi connectivity index (χ2v) is 12.0. The lowest BCUT2D eigenvalue weighted by Crippen LogP contribution is -2.28. The molecule has 0 aliphatic carbocycles. The van der Waals surface area contributed by atoms with Crippen LogP contribution in [0.5, 0.6) is 0 Å². The summed E-state index contributed by atoms with van der Waals surface area (Å²) in [5.74, 6) is 1.07. The summed E-state index contributed by atoms with van der Waals surface area (Å²) in [5.41, 5.74) is 0. The van der Waals surface area contributed by atoms with E-state index in [1.807, 2.05) is 0 Å². The van der Waals surface area contributed by atoms with Crippen LogP contribution in [0, 0.1) is 11.8 Å². The van der Waals surface area contributed by atoms with E-state index in [0.717, 1.165) is 50.4 Å². The molecule has 1 N–H and O–H groups in total. The van der Waals surface area contributed by atoms with Crippen LogP contribution in [0.15, 0.2) is 0 Å². The molecular weight excluding hydrogens is 476 g/mol. The molecule has 0 aromatic carbocycles. The summed E-state index contributed by atoms with van der Waals surface area (Å²) >= 11 is 0. The second kappa shape index (κ2) is 27.5. The standard InChI is InChI=1S/C33H64O5/c1-5-30(4)24-20-16-13-14-17-21-25-32(35)37-28-31(27-34)38-33(36)26-22-18-12-10-8-6-7-9-11-15-19-23-29(2)3/h29-31,34H,5-28H2,1-4H3/t30?,31-/m0/s1. The molecule has 0 fully saturated rings. The highest BCUT2D eigenvalue weighted by atomic mass is 16.6. The fraction of sp³-hybridized carbons (Fsp3) is 0.939. The van der Waals surface area contributed by atoms with Crippen LogP contribution in [-0.2, 0) is 19.1 Å². The minimum absolute atomic E-state index is 0.0611. The molecule has 0 amide bonds. The molecule has 5 nitrogen and oxygen atoms in total. The third-order valence-corrected chi connectivity index (χ3v) is 7.62. The van der Waals surface area contributed by atoms with Crippen molar-refractivity contribution in [3.63, 3.8) is 0 Å². The molecule has 0 bridgehead atoms. The van der Waals surface area contributed by atoms with Gasteiger partial charge in [0, 0.05) is 12.8 Å². The molecule has 0 aliphatic heterocycles. The quantitative estimate of drug-likeness (QED) is 0.0790. The summed E-state index contributed by atoms with van der Waals surface area (Å²) in [6, 6.07) is 0. The molecule has 0 radical (unpaired) electrons. The minimum Gasteiger partial charge on any atom is -0.462 e. The highest BCUT2D eigenvalue weighted by molar-refractivity contribution is 5.70. The van der Waals surface area contributed by atoms with Crippen molar-refractivity contribution in [1.29, 1.82) is 0 Å². The second-order valence-electron chi connectivity index (χ2n) is 12.0. The first-order chi connectivity index (χ1) is 18.4. The average molecular weight is 541 g/mol. The predicted molar refractivity (Wildman–Crippen MR) is 159 cm³/mol. The Kier molecular flexibility index (Phi) is 26.7. The van der Waals surface area contributed by atoms with Crippen molar-refractivity contribution < 1.29 is 24.2 Å². The van der Waals surface area contributed by atoms with E-state index in [0.29, 0.717) is 12.8 Å². The first-order valence-corrected chi connectivity index (χ1v) is 16.3. The van der Waals surface area contributed by atoms with Crippen molar-refractivity contribution in [2.75, 3.05) is 13.2 Å². The van der Waals surface area contributed by atoms with Gasteiger partial charge in [0.05, 0.1) is 6.61 Å². The molecular formula is C33H64O5. The molecule has 1 unspecified atom stereocenters. The van der Waals surface area contributed by atoms with Crippen LogP contribution in [0.1, 0.15) is 169 Å². The number of carbonyl (C=O) groups is 2. The third kappa shape index (κ3) is 26.5. The highest BCUT2D eigenvalue weighted by Crippen LogP contribution is 2.16. The van der Waals surface area contributed by atoms with Crippen molar-refractivity contribution in [3.05, 3.63) is 0 Å². The Morgan fingerprint density at radius 3 is 1.47 bits per heavy atom. The summed E-state index contributed by atoms with van der Waals surface area (Å²) in [7, 11) is 0. The number of unbranched alkanes of at least 4 members (excludes halogenated alkanes) is 15. The van der Waals surface area contributed by atoms with Gasteiger partial charge in [-0.05, 0) is 24.7 Å². The van der Waals surface area contributed by atoms with Gasteiger partial charge in [-0.15, -0.1) is 0 Å². The summed E-state index contributed by atoms with van der Waals surface area (Å²) < 4.78 is 10.5. The Labute approximate surface area is 236 Å². The van der Waals surface area contributed by atoms with Crippen molar-refractivity contribution >= 4 is 11.9 Å². The number of hydrogen-bond acceptors (Lipinski definition) is 5. The summed E-state index contributed by atoms with van der Waals surface area (Å²) in [4.78, 5) is 24.0. The fourth-order valence-electron chi connectivity index (χ4n) is 4.71. The first-order valence-electron chi connectivity index (χ1n) is 16.3. The van der Waals surface area contributed by atoms with Gasteiger partial charge in [-0.1, -0.05) is 143 Å². The van der Waals surface area contributed by atoms with E-state index in [4.69, 9.17) is 9.47 Å². The smallest absolute Gasteiger partial charge is 0.306 e. The van der Waals surface area contributed by atoms with Crippen LogP contribution >= 0.6 is 0 Å². The fourth-order valence-corrected chi connectivity index (χ4v) is 4.71. The number of ether oxygens (including phenoxy) is 2. The zero-order valence-electron chi connectivity index (χ0n) is 25.8. The Balaban J connectivity index is 3.58. The topological polar surface area (TPSA) is 72.8 Å². The van der Waals surface area contributed by atoms with Crippen molar-refractivity contribution in [2.24, 2.45) is 11.8 Å². The molecule has 0 aromatic rings. The zero-order chi connectivity index (χ0) is 28.3. The molecule has 0 aliphatic rings. The normalized spacial score (nSPS) is 13.0. The molecule has 0 saturated carbocycles. The number of carbonyl (C=O) groups excluding carboxylic acids is 2. The van der Waals surface area contributed by atoms with E-state index in [-0.39, 0.29) is 25.2 Å². The van der Waals surface area contributed by atoms with Crippen LogP contribution in [0.3, 0.4) is 0 Å². The maximum Gasteiger partial charge on any atom is 0.306 e. The third-order valence-electron chi connectivity index (χ3n) is 7.62. The van der Waals surface area contributed by atoms with Gasteiger partial charge in [-0.3, -0.25) is 9.59 Å². The SMILES string of the molecule is CCC(C)CCCCCCCCC(=O)OC[C@H](CO)OC(=O)CCCCCCCCCCCCCC(C)C. The van der Waals surface area contributed by atoms with Gasteiger partial charge in [0.2, 0.25) is 0 Å². The van der Waals surface area contributed by atoms with Gasteiger partial charge in [0.15, 0.2) is 6.10 Å². The monoisotopic (exact) mass is 540 g/mol. The highest BCUT2D eigenvalue weighted by Gasteiger charge is 2.16. The molecule has 226 valence electrons. The minimum atomic E-state index is -0.762. The number of hydrogen-bond donors (Lipinski definition) is 1. The van der Waals surface area contributed by atoms with E-state index in [2.05, 4.69) is 27.7 Å². The largest absolute Gasteiger partial charge is 0.462 e. The molecule has 0 saturated heterocycles. The van der Waals surface area contributed by atoms with E-state index in [1.165, 1.54) is 89.9 Å². The van der Waals surface area contributed by atoms with E-state index in [9.17, 15) is 14.7 Å². The van der Waals surface area contributed by atoms with Gasteiger partial charge < -0.3 is 14.6 Å². The molecule has 2 atom stereocenters. The maximum atomic E-state index is 12.1. The van der Waals surface area contributed by atoms with E-state index < -0.39 is 6.10 Å². The van der Waals surface area contributed by atoms with Gasteiger partial charge in [0.25, 0.3) is 0 Å².